The zero-order valence-electron chi connectivity index (χ0n) is 7.52. The third kappa shape index (κ3) is 3.71. The summed E-state index contributed by atoms with van der Waals surface area (Å²) in [5.74, 6) is -1.70. The molecule has 5 nitrogen and oxygen atoms in total. The number of nitrogens with zero attached hydrogens (tertiary/aromatic N) is 1. The Hall–Kier alpha value is -1.36. The van der Waals surface area contributed by atoms with Crippen LogP contribution < -0.4 is 0 Å². The number of hydrogen-bond acceptors (Lipinski definition) is 4. The molecule has 0 aliphatic carbocycles. The van der Waals surface area contributed by atoms with Crippen LogP contribution in [0.2, 0.25) is 0 Å². The van der Waals surface area contributed by atoms with Gasteiger partial charge in [-0.25, -0.2) is 4.79 Å². The topological polar surface area (TPSA) is 66.8 Å². The number of aliphatic hydroxyl groups is 1. The van der Waals surface area contributed by atoms with Crippen molar-refractivity contribution in [2.75, 3.05) is 26.8 Å². The molecule has 0 spiro atoms. The van der Waals surface area contributed by atoms with Crippen LogP contribution in [-0.4, -0.2) is 48.7 Å². The van der Waals surface area contributed by atoms with Crippen LogP contribution in [0.25, 0.3) is 0 Å². The van der Waals surface area contributed by atoms with Gasteiger partial charge in [-0.3, -0.25) is 4.79 Å². The van der Waals surface area contributed by atoms with Crippen molar-refractivity contribution in [2.24, 2.45) is 0 Å². The van der Waals surface area contributed by atoms with Gasteiger partial charge in [-0.1, -0.05) is 6.08 Å². The molecule has 0 saturated heterocycles. The van der Waals surface area contributed by atoms with E-state index >= 15 is 0 Å². The zero-order chi connectivity index (χ0) is 10.3. The first-order valence-electron chi connectivity index (χ1n) is 3.76. The van der Waals surface area contributed by atoms with E-state index in [9.17, 15) is 9.59 Å². The van der Waals surface area contributed by atoms with Gasteiger partial charge in [-0.05, 0) is 0 Å². The molecule has 0 atom stereocenters. The Labute approximate surface area is 76.6 Å². The second-order valence-electron chi connectivity index (χ2n) is 2.26. The maximum Gasteiger partial charge on any atom is 0.396 e. The number of rotatable bonds is 4. The smallest absolute Gasteiger partial charge is 0.396 e. The number of methoxy groups -OCH3 is 1. The highest BCUT2D eigenvalue weighted by Gasteiger charge is 2.20. The number of carbonyl (C=O) groups is 2. The Bertz CT molecular complexity index is 202. The van der Waals surface area contributed by atoms with Crippen LogP contribution in [0.3, 0.4) is 0 Å². The number of ether oxygens (including phenoxy) is 1. The molecule has 0 unspecified atom stereocenters. The van der Waals surface area contributed by atoms with Crippen molar-refractivity contribution in [2.45, 2.75) is 0 Å². The summed E-state index contributed by atoms with van der Waals surface area (Å²) in [4.78, 5) is 23.1. The average molecular weight is 187 g/mol. The van der Waals surface area contributed by atoms with Gasteiger partial charge in [-0.2, -0.15) is 0 Å². The zero-order valence-corrected chi connectivity index (χ0v) is 7.52. The first-order valence-corrected chi connectivity index (χ1v) is 3.76. The van der Waals surface area contributed by atoms with Crippen LogP contribution >= 0.6 is 0 Å². The maximum absolute atomic E-state index is 11.1. The highest BCUT2D eigenvalue weighted by molar-refractivity contribution is 6.32. The van der Waals surface area contributed by atoms with Crippen molar-refractivity contribution in [3.8, 4) is 0 Å². The summed E-state index contributed by atoms with van der Waals surface area (Å²) in [5.41, 5.74) is 0. The molecule has 13 heavy (non-hydrogen) atoms. The standard InChI is InChI=1S/C8H13NO4/c1-3-4-9(5-6-10)7(11)8(12)13-2/h3,10H,1,4-6H2,2H3. The van der Waals surface area contributed by atoms with Gasteiger partial charge >= 0.3 is 11.9 Å². The van der Waals surface area contributed by atoms with E-state index in [0.29, 0.717) is 0 Å². The monoisotopic (exact) mass is 187 g/mol. The molecule has 0 aromatic rings. The third-order valence-corrected chi connectivity index (χ3v) is 1.37. The largest absolute Gasteiger partial charge is 0.462 e. The molecule has 5 heteroatoms. The summed E-state index contributed by atoms with van der Waals surface area (Å²) >= 11 is 0. The van der Waals surface area contributed by atoms with Crippen molar-refractivity contribution in [1.29, 1.82) is 0 Å². The molecule has 0 rings (SSSR count). The van der Waals surface area contributed by atoms with Gasteiger partial charge in [0.2, 0.25) is 0 Å². The quantitative estimate of drug-likeness (QED) is 0.354. The maximum atomic E-state index is 11.1. The van der Waals surface area contributed by atoms with E-state index < -0.39 is 11.9 Å². The van der Waals surface area contributed by atoms with Crippen LogP contribution in [0.1, 0.15) is 0 Å². The fraction of sp³-hybridized carbons (Fsp3) is 0.500. The Morgan fingerprint density at radius 2 is 2.23 bits per heavy atom. The van der Waals surface area contributed by atoms with Crippen LogP contribution in [0.5, 0.6) is 0 Å². The van der Waals surface area contributed by atoms with Crippen molar-refractivity contribution in [3.63, 3.8) is 0 Å². The fourth-order valence-corrected chi connectivity index (χ4v) is 0.769. The average Bonchev–Trinajstić information content (AvgIpc) is 2.15. The minimum atomic E-state index is -0.935. The molecule has 0 fully saturated rings. The number of amides is 1. The van der Waals surface area contributed by atoms with Crippen LogP contribution in [-0.2, 0) is 14.3 Å². The van der Waals surface area contributed by atoms with E-state index in [1.165, 1.54) is 6.08 Å². The predicted molar refractivity (Wildman–Crippen MR) is 45.9 cm³/mol. The van der Waals surface area contributed by atoms with E-state index in [1.54, 1.807) is 0 Å². The molecular weight excluding hydrogens is 174 g/mol. The van der Waals surface area contributed by atoms with E-state index in [4.69, 9.17) is 5.11 Å². The molecule has 1 amide bonds. The summed E-state index contributed by atoms with van der Waals surface area (Å²) in [7, 11) is 1.13. The van der Waals surface area contributed by atoms with E-state index in [2.05, 4.69) is 11.3 Å². The normalized spacial score (nSPS) is 9.08. The molecule has 1 N–H and O–H groups in total. The molecule has 0 aliphatic rings. The van der Waals surface area contributed by atoms with E-state index in [1.807, 2.05) is 0 Å². The Kier molecular flexibility index (Phi) is 5.54. The van der Waals surface area contributed by atoms with Gasteiger partial charge < -0.3 is 14.7 Å². The van der Waals surface area contributed by atoms with Gasteiger partial charge in [0.15, 0.2) is 0 Å². The lowest BCUT2D eigenvalue weighted by atomic mass is 10.4. The van der Waals surface area contributed by atoms with Crippen LogP contribution in [0.4, 0.5) is 0 Å². The lowest BCUT2D eigenvalue weighted by Gasteiger charge is -2.17. The SMILES string of the molecule is C=CCN(CCO)C(=O)C(=O)OC. The number of esters is 1. The number of carbonyl (C=O) groups excluding carboxylic acids is 2. The second kappa shape index (κ2) is 6.19. The van der Waals surface area contributed by atoms with Crippen molar-refractivity contribution in [3.05, 3.63) is 12.7 Å². The minimum absolute atomic E-state index is 0.0972. The van der Waals surface area contributed by atoms with Crippen LogP contribution in [0, 0.1) is 0 Å². The highest BCUT2D eigenvalue weighted by Crippen LogP contribution is 1.91. The summed E-state index contributed by atoms with van der Waals surface area (Å²) in [5, 5.41) is 8.59. The third-order valence-electron chi connectivity index (χ3n) is 1.37. The molecule has 0 aromatic carbocycles. The highest BCUT2D eigenvalue weighted by atomic mass is 16.5. The lowest BCUT2D eigenvalue weighted by Crippen LogP contribution is -2.39. The number of hydrogen-bond donors (Lipinski definition) is 1. The second-order valence-corrected chi connectivity index (χ2v) is 2.26. The first-order chi connectivity index (χ1) is 6.17. The minimum Gasteiger partial charge on any atom is -0.462 e. The predicted octanol–water partition coefficient (Wildman–Crippen LogP) is -0.834. The fourth-order valence-electron chi connectivity index (χ4n) is 0.769. The van der Waals surface area contributed by atoms with Crippen molar-refractivity contribution < 1.29 is 19.4 Å². The van der Waals surface area contributed by atoms with Gasteiger partial charge in [0.05, 0.1) is 13.7 Å². The van der Waals surface area contributed by atoms with E-state index in [0.717, 1.165) is 12.0 Å². The Balaban J connectivity index is 4.26. The van der Waals surface area contributed by atoms with Gasteiger partial charge in [-0.15, -0.1) is 6.58 Å². The van der Waals surface area contributed by atoms with Gasteiger partial charge in [0.1, 0.15) is 0 Å². The first kappa shape index (κ1) is 11.6. The summed E-state index contributed by atoms with van der Waals surface area (Å²) < 4.78 is 4.24. The summed E-state index contributed by atoms with van der Waals surface area (Å²) in [6, 6.07) is 0. The Morgan fingerprint density at radius 3 is 2.62 bits per heavy atom. The van der Waals surface area contributed by atoms with Gasteiger partial charge in [0, 0.05) is 13.1 Å². The van der Waals surface area contributed by atoms with E-state index in [-0.39, 0.29) is 19.7 Å². The summed E-state index contributed by atoms with van der Waals surface area (Å²) in [6.45, 7) is 3.54. The number of aliphatic hydroxyl groups excluding tert-OH is 1. The van der Waals surface area contributed by atoms with Crippen LogP contribution in [0.15, 0.2) is 12.7 Å². The lowest BCUT2D eigenvalue weighted by molar-refractivity contribution is -0.158. The summed E-state index contributed by atoms with van der Waals surface area (Å²) in [6.07, 6.45) is 1.47. The molecular formula is C8H13NO4. The van der Waals surface area contributed by atoms with Crippen molar-refractivity contribution in [1.82, 2.24) is 4.90 Å². The molecule has 0 radical (unpaired) electrons. The van der Waals surface area contributed by atoms with Crippen molar-refractivity contribution >= 4 is 11.9 Å². The molecule has 74 valence electrons. The molecule has 0 aromatic heterocycles. The molecule has 0 saturated carbocycles. The van der Waals surface area contributed by atoms with Gasteiger partial charge in [0.25, 0.3) is 0 Å². The Morgan fingerprint density at radius 1 is 1.62 bits per heavy atom. The molecule has 0 bridgehead atoms. The molecule has 0 heterocycles. The molecule has 0 aliphatic heterocycles.